The Hall–Kier alpha value is -1.31. The minimum Gasteiger partial charge on any atom is -0.335 e. The molecule has 158 valence electrons. The van der Waals surface area contributed by atoms with E-state index >= 15 is 0 Å². The molecule has 0 aromatic heterocycles. The van der Waals surface area contributed by atoms with Gasteiger partial charge in [0.1, 0.15) is 0 Å². The molecule has 4 nitrogen and oxygen atoms in total. The third-order valence-electron chi connectivity index (χ3n) is 4.93. The van der Waals surface area contributed by atoms with Crippen molar-refractivity contribution < 1.29 is 0 Å². The van der Waals surface area contributed by atoms with Crippen LogP contribution in [0.2, 0.25) is 5.02 Å². The van der Waals surface area contributed by atoms with E-state index in [1.165, 1.54) is 22.5 Å². The highest BCUT2D eigenvalue weighted by molar-refractivity contribution is 8.17. The molecule has 3 heterocycles. The van der Waals surface area contributed by atoms with Crippen LogP contribution in [0.1, 0.15) is 11.1 Å². The van der Waals surface area contributed by atoms with Crippen LogP contribution in [0, 0.1) is 0 Å². The van der Waals surface area contributed by atoms with Gasteiger partial charge in [-0.05, 0) is 41.2 Å². The van der Waals surface area contributed by atoms with E-state index < -0.39 is 0 Å². The highest BCUT2D eigenvalue weighted by atomic mass is 35.5. The Balaban J connectivity index is 0.00000128. The number of anilines is 1. The SMILES string of the molecule is Cl.Cl.Clc1cccc(CC2CN3C(CSC4=NCc5ccccc5N4)=CSC3=N2)c1. The molecule has 1 N–H and O–H groups in total. The number of para-hydroxylation sites is 1. The maximum Gasteiger partial charge on any atom is 0.168 e. The number of amidine groups is 2. The molecule has 1 atom stereocenters. The summed E-state index contributed by atoms with van der Waals surface area (Å²) in [7, 11) is 0. The molecular formula is C21H21Cl3N4S2. The van der Waals surface area contributed by atoms with Crippen LogP contribution in [0.3, 0.4) is 0 Å². The van der Waals surface area contributed by atoms with Crippen LogP contribution in [0.4, 0.5) is 5.69 Å². The summed E-state index contributed by atoms with van der Waals surface area (Å²) in [5.74, 6) is 0.893. The van der Waals surface area contributed by atoms with Gasteiger partial charge in [-0.1, -0.05) is 65.5 Å². The lowest BCUT2D eigenvalue weighted by Crippen LogP contribution is -2.26. The second-order valence-corrected chi connectivity index (χ2v) is 9.17. The van der Waals surface area contributed by atoms with Crippen molar-refractivity contribution in [2.45, 2.75) is 19.0 Å². The average molecular weight is 500 g/mol. The fraction of sp³-hybridized carbons (Fsp3) is 0.238. The zero-order valence-corrected chi connectivity index (χ0v) is 20.0. The summed E-state index contributed by atoms with van der Waals surface area (Å²) in [5.41, 5.74) is 4.97. The van der Waals surface area contributed by atoms with Crippen LogP contribution in [0.5, 0.6) is 0 Å². The number of thioether (sulfide) groups is 2. The predicted molar refractivity (Wildman–Crippen MR) is 137 cm³/mol. The molecule has 0 saturated heterocycles. The molecule has 9 heteroatoms. The Morgan fingerprint density at radius 1 is 1.17 bits per heavy atom. The molecule has 3 aliphatic rings. The zero-order chi connectivity index (χ0) is 18.9. The minimum absolute atomic E-state index is 0. The van der Waals surface area contributed by atoms with Crippen LogP contribution < -0.4 is 5.32 Å². The Morgan fingerprint density at radius 3 is 2.90 bits per heavy atom. The van der Waals surface area contributed by atoms with Crippen LogP contribution in [0.25, 0.3) is 0 Å². The highest BCUT2D eigenvalue weighted by Crippen LogP contribution is 2.34. The predicted octanol–water partition coefficient (Wildman–Crippen LogP) is 6.07. The number of benzene rings is 2. The summed E-state index contributed by atoms with van der Waals surface area (Å²) in [6.45, 7) is 1.68. The lowest BCUT2D eigenvalue weighted by atomic mass is 10.1. The molecule has 0 radical (unpaired) electrons. The van der Waals surface area contributed by atoms with Gasteiger partial charge in [-0.3, -0.25) is 9.98 Å². The van der Waals surface area contributed by atoms with Gasteiger partial charge in [0.25, 0.3) is 0 Å². The molecule has 1 unspecified atom stereocenters. The minimum atomic E-state index is 0. The van der Waals surface area contributed by atoms with Crippen LogP contribution in [-0.2, 0) is 13.0 Å². The third kappa shape index (κ3) is 5.11. The number of nitrogens with zero attached hydrogens (tertiary/aromatic N) is 3. The molecule has 2 aromatic rings. The molecule has 0 bridgehead atoms. The summed E-state index contributed by atoms with van der Waals surface area (Å²) in [6.07, 6.45) is 0.923. The normalized spacial score (nSPS) is 18.8. The van der Waals surface area contributed by atoms with Gasteiger partial charge in [0, 0.05) is 28.7 Å². The number of halogens is 3. The van der Waals surface area contributed by atoms with Crippen LogP contribution in [0.15, 0.2) is 69.6 Å². The maximum atomic E-state index is 6.12. The number of hydrogen-bond donors (Lipinski definition) is 1. The molecule has 5 rings (SSSR count). The number of rotatable bonds is 4. The van der Waals surface area contributed by atoms with Gasteiger partial charge in [0.2, 0.25) is 0 Å². The number of fused-ring (bicyclic) bond motifs is 2. The number of hydrogen-bond acceptors (Lipinski definition) is 6. The van der Waals surface area contributed by atoms with Crippen LogP contribution >= 0.6 is 59.9 Å². The Labute approximate surface area is 202 Å². The summed E-state index contributed by atoms with van der Waals surface area (Å²) in [4.78, 5) is 11.9. The summed E-state index contributed by atoms with van der Waals surface area (Å²) >= 11 is 9.60. The van der Waals surface area contributed by atoms with E-state index in [0.29, 0.717) is 0 Å². The summed E-state index contributed by atoms with van der Waals surface area (Å²) in [5, 5.41) is 8.56. The van der Waals surface area contributed by atoms with Crippen molar-refractivity contribution in [2.75, 3.05) is 17.6 Å². The van der Waals surface area contributed by atoms with Crippen LogP contribution in [-0.4, -0.2) is 33.6 Å². The van der Waals surface area contributed by atoms with Gasteiger partial charge >= 0.3 is 0 Å². The van der Waals surface area contributed by atoms with Gasteiger partial charge in [0.05, 0.1) is 12.6 Å². The van der Waals surface area contributed by atoms with Crippen molar-refractivity contribution in [2.24, 2.45) is 9.98 Å². The topological polar surface area (TPSA) is 40.0 Å². The quantitative estimate of drug-likeness (QED) is 0.554. The summed E-state index contributed by atoms with van der Waals surface area (Å²) in [6, 6.07) is 16.7. The molecule has 2 aromatic carbocycles. The Morgan fingerprint density at radius 2 is 2.03 bits per heavy atom. The fourth-order valence-electron chi connectivity index (χ4n) is 3.55. The maximum absolute atomic E-state index is 6.12. The van der Waals surface area contributed by atoms with Crippen molar-refractivity contribution in [1.82, 2.24) is 4.90 Å². The van der Waals surface area contributed by atoms with Crippen molar-refractivity contribution in [3.05, 3.63) is 75.8 Å². The first kappa shape index (κ1) is 23.4. The van der Waals surface area contributed by atoms with Gasteiger partial charge in [-0.25, -0.2) is 0 Å². The molecule has 0 aliphatic carbocycles. The van der Waals surface area contributed by atoms with E-state index in [9.17, 15) is 0 Å². The van der Waals surface area contributed by atoms with Crippen molar-refractivity contribution in [1.29, 1.82) is 0 Å². The molecule has 0 fully saturated rings. The van der Waals surface area contributed by atoms with E-state index in [1.54, 1.807) is 23.5 Å². The van der Waals surface area contributed by atoms with E-state index in [-0.39, 0.29) is 30.9 Å². The molecular weight excluding hydrogens is 479 g/mol. The van der Waals surface area contributed by atoms with E-state index in [4.69, 9.17) is 16.6 Å². The lowest BCUT2D eigenvalue weighted by molar-refractivity contribution is 0.512. The largest absolute Gasteiger partial charge is 0.335 e. The van der Waals surface area contributed by atoms with Gasteiger partial charge < -0.3 is 10.2 Å². The van der Waals surface area contributed by atoms with Crippen molar-refractivity contribution in [3.63, 3.8) is 0 Å². The standard InChI is InChI=1S/C21H19ClN4S2.2ClH/c22-16-6-3-4-14(8-16)9-17-11-26-18(13-28-21(26)24-17)12-27-20-23-10-15-5-1-2-7-19(15)25-20;;/h1-8,13,17H,9-12H2,(H,23,25);2*1H. The first-order valence-electron chi connectivity index (χ1n) is 9.22. The molecule has 30 heavy (non-hydrogen) atoms. The second-order valence-electron chi connectivity index (χ2n) is 6.93. The lowest BCUT2D eigenvalue weighted by Gasteiger charge is -2.20. The van der Waals surface area contributed by atoms with Gasteiger partial charge in [-0.15, -0.1) is 24.8 Å². The van der Waals surface area contributed by atoms with Crippen molar-refractivity contribution >= 4 is 76.0 Å². The van der Waals surface area contributed by atoms with Crippen molar-refractivity contribution in [3.8, 4) is 0 Å². The van der Waals surface area contributed by atoms with Gasteiger partial charge in [0.15, 0.2) is 10.3 Å². The summed E-state index contributed by atoms with van der Waals surface area (Å²) < 4.78 is 0. The monoisotopic (exact) mass is 498 g/mol. The zero-order valence-electron chi connectivity index (χ0n) is 16.0. The first-order valence-corrected chi connectivity index (χ1v) is 11.5. The molecule has 0 amide bonds. The Bertz CT molecular complexity index is 1010. The van der Waals surface area contributed by atoms with E-state index in [1.807, 2.05) is 18.2 Å². The molecule has 3 aliphatic heterocycles. The fourth-order valence-corrected chi connectivity index (χ4v) is 5.71. The number of aliphatic imine (C=N–C) groups is 2. The van der Waals surface area contributed by atoms with E-state index in [0.717, 1.165) is 40.6 Å². The number of nitrogens with one attached hydrogen (secondary N) is 1. The smallest absolute Gasteiger partial charge is 0.168 e. The third-order valence-corrected chi connectivity index (χ3v) is 7.04. The molecule has 0 saturated carbocycles. The average Bonchev–Trinajstić information content (AvgIpc) is 3.26. The second kappa shape index (κ2) is 10.3. The molecule has 0 spiro atoms. The highest BCUT2D eigenvalue weighted by Gasteiger charge is 2.32. The first-order chi connectivity index (χ1) is 13.7. The van der Waals surface area contributed by atoms with E-state index in [2.05, 4.69) is 50.9 Å². The Kier molecular flexibility index (Phi) is 8.04. The van der Waals surface area contributed by atoms with Gasteiger partial charge in [-0.2, -0.15) is 0 Å².